The summed E-state index contributed by atoms with van der Waals surface area (Å²) in [5, 5.41) is 22.7. The van der Waals surface area contributed by atoms with Crippen molar-refractivity contribution >= 4 is 5.82 Å². The first-order chi connectivity index (χ1) is 16.5. The molecule has 3 atom stereocenters. The van der Waals surface area contributed by atoms with Crippen LogP contribution in [0.15, 0.2) is 41.3 Å². The Balaban J connectivity index is 1.44. The minimum absolute atomic E-state index is 0.0240. The van der Waals surface area contributed by atoms with Crippen molar-refractivity contribution in [2.75, 3.05) is 11.9 Å². The zero-order valence-electron chi connectivity index (χ0n) is 20.3. The summed E-state index contributed by atoms with van der Waals surface area (Å²) >= 11 is 0. The molecule has 4 heterocycles. The maximum atomic E-state index is 15.1. The van der Waals surface area contributed by atoms with Crippen LogP contribution in [-0.2, 0) is 7.05 Å². The Morgan fingerprint density at radius 1 is 1.09 bits per heavy atom. The van der Waals surface area contributed by atoms with Gasteiger partial charge in [-0.2, -0.15) is 0 Å². The minimum atomic E-state index is -1.24. The summed E-state index contributed by atoms with van der Waals surface area (Å²) in [5.41, 5.74) is -0.553. The fourth-order valence-electron chi connectivity index (χ4n) is 5.71. The Kier molecular flexibility index (Phi) is 5.43. The van der Waals surface area contributed by atoms with E-state index in [2.05, 4.69) is 34.3 Å². The van der Waals surface area contributed by atoms with E-state index < -0.39 is 17.4 Å². The van der Waals surface area contributed by atoms with Crippen LogP contribution < -0.4 is 15.8 Å². The van der Waals surface area contributed by atoms with Gasteiger partial charge in [0.1, 0.15) is 5.75 Å². The lowest BCUT2D eigenvalue weighted by molar-refractivity contribution is 0.207. The van der Waals surface area contributed by atoms with Gasteiger partial charge < -0.3 is 19.9 Å². The highest BCUT2D eigenvalue weighted by molar-refractivity contribution is 5.75. The van der Waals surface area contributed by atoms with Crippen molar-refractivity contribution in [1.29, 1.82) is 0 Å². The molecule has 1 aromatic carbocycles. The molecule has 3 aromatic rings. The predicted octanol–water partition coefficient (Wildman–Crippen LogP) is 3.99. The summed E-state index contributed by atoms with van der Waals surface area (Å²) in [6.45, 7) is 4.51. The van der Waals surface area contributed by atoms with E-state index >= 15 is 4.39 Å². The number of halogens is 2. The van der Waals surface area contributed by atoms with Crippen LogP contribution in [0.2, 0.25) is 0 Å². The summed E-state index contributed by atoms with van der Waals surface area (Å²) in [7, 11) is 3.53. The zero-order valence-corrected chi connectivity index (χ0v) is 20.3. The number of phenols is 1. The lowest BCUT2D eigenvalue weighted by Gasteiger charge is -2.45. The molecule has 0 aliphatic carbocycles. The molecule has 2 aliphatic heterocycles. The number of aromatic nitrogens is 3. The number of aromatic hydroxyl groups is 1. The molecule has 2 bridgehead atoms. The molecule has 2 fully saturated rings. The fraction of sp³-hybridized carbons (Fsp3) is 0.423. The van der Waals surface area contributed by atoms with E-state index in [9.17, 15) is 14.3 Å². The third-order valence-corrected chi connectivity index (χ3v) is 7.62. The highest BCUT2D eigenvalue weighted by Gasteiger charge is 2.49. The molecule has 7 nitrogen and oxygen atoms in total. The molecule has 9 heteroatoms. The smallest absolute Gasteiger partial charge is 0.250 e. The number of hydrogen-bond acceptors (Lipinski definition) is 6. The topological polar surface area (TPSA) is 83.3 Å². The molecule has 2 aliphatic rings. The lowest BCUT2D eigenvalue weighted by Crippen LogP contribution is -2.58. The average molecular weight is 482 g/mol. The molecule has 0 radical (unpaired) electrons. The van der Waals surface area contributed by atoms with Crippen LogP contribution in [0, 0.1) is 11.6 Å². The van der Waals surface area contributed by atoms with Gasteiger partial charge in [0.25, 0.3) is 5.56 Å². The third kappa shape index (κ3) is 4.07. The van der Waals surface area contributed by atoms with Gasteiger partial charge in [-0.15, -0.1) is 10.2 Å². The normalized spacial score (nSPS) is 25.6. The van der Waals surface area contributed by atoms with E-state index in [0.29, 0.717) is 5.82 Å². The number of anilines is 1. The van der Waals surface area contributed by atoms with Crippen molar-refractivity contribution in [2.45, 2.75) is 56.7 Å². The molecular formula is C26H29F2N5O2. The lowest BCUT2D eigenvalue weighted by atomic mass is 9.84. The van der Waals surface area contributed by atoms with E-state index in [0.717, 1.165) is 31.7 Å². The van der Waals surface area contributed by atoms with E-state index in [4.69, 9.17) is 0 Å². The van der Waals surface area contributed by atoms with Crippen molar-refractivity contribution in [3.63, 3.8) is 0 Å². The summed E-state index contributed by atoms with van der Waals surface area (Å²) in [5.74, 6) is -2.26. The molecule has 5 rings (SSSR count). The number of nitrogens with one attached hydrogen (secondary N) is 1. The number of rotatable bonds is 4. The number of pyridine rings is 1. The van der Waals surface area contributed by atoms with Gasteiger partial charge in [0.2, 0.25) is 0 Å². The molecule has 184 valence electrons. The van der Waals surface area contributed by atoms with Crippen LogP contribution in [0.25, 0.3) is 22.4 Å². The number of phenolic OH excluding ortho intramolecular Hbond substituents is 1. The zero-order chi connectivity index (χ0) is 25.1. The van der Waals surface area contributed by atoms with Gasteiger partial charge in [-0.05, 0) is 69.4 Å². The maximum absolute atomic E-state index is 15.1. The van der Waals surface area contributed by atoms with Crippen molar-refractivity contribution in [3.05, 3.63) is 58.5 Å². The largest absolute Gasteiger partial charge is 0.507 e. The average Bonchev–Trinajstić information content (AvgIpc) is 3.04. The van der Waals surface area contributed by atoms with Crippen LogP contribution in [0.4, 0.5) is 14.6 Å². The van der Waals surface area contributed by atoms with Gasteiger partial charge in [-0.3, -0.25) is 4.79 Å². The summed E-state index contributed by atoms with van der Waals surface area (Å²) in [6, 6.07) is 7.30. The number of fused-ring (bicyclic) bond motifs is 2. The predicted molar refractivity (Wildman–Crippen MR) is 130 cm³/mol. The Bertz CT molecular complexity index is 1340. The molecule has 0 spiro atoms. The Hall–Kier alpha value is -3.33. The van der Waals surface area contributed by atoms with Crippen molar-refractivity contribution < 1.29 is 13.9 Å². The second-order valence-corrected chi connectivity index (χ2v) is 10.5. The summed E-state index contributed by atoms with van der Waals surface area (Å²) in [6.07, 6.45) is 5.68. The summed E-state index contributed by atoms with van der Waals surface area (Å²) in [4.78, 5) is 14.0. The molecule has 2 aromatic heterocycles. The third-order valence-electron chi connectivity index (χ3n) is 7.62. The van der Waals surface area contributed by atoms with Gasteiger partial charge in [0.15, 0.2) is 17.5 Å². The SMILES string of the molecule is CN(c1ccc(-c2c(O)cc(-c3ccn(C)c(=O)c3)c(F)c2F)nn1)[C@H]1C[C@]2(C)CC[C@](C)(C1)N2. The Morgan fingerprint density at radius 3 is 2.37 bits per heavy atom. The summed E-state index contributed by atoms with van der Waals surface area (Å²) < 4.78 is 31.4. The van der Waals surface area contributed by atoms with Crippen LogP contribution in [0.1, 0.15) is 39.5 Å². The Morgan fingerprint density at radius 2 is 1.77 bits per heavy atom. The van der Waals surface area contributed by atoms with Gasteiger partial charge >= 0.3 is 0 Å². The molecule has 0 saturated carbocycles. The molecule has 2 saturated heterocycles. The monoisotopic (exact) mass is 481 g/mol. The van der Waals surface area contributed by atoms with Gasteiger partial charge in [-0.1, -0.05) is 0 Å². The van der Waals surface area contributed by atoms with Crippen LogP contribution in [0.5, 0.6) is 5.75 Å². The first-order valence-corrected chi connectivity index (χ1v) is 11.7. The second-order valence-electron chi connectivity index (χ2n) is 10.5. The maximum Gasteiger partial charge on any atom is 0.250 e. The Labute approximate surface area is 202 Å². The van der Waals surface area contributed by atoms with Gasteiger partial charge in [0, 0.05) is 49.0 Å². The number of benzene rings is 1. The molecule has 0 unspecified atom stereocenters. The first-order valence-electron chi connectivity index (χ1n) is 11.7. The number of aryl methyl sites for hydroxylation is 1. The van der Waals surface area contributed by atoms with Crippen molar-refractivity contribution in [3.8, 4) is 28.1 Å². The molecule has 0 amide bonds. The number of nitrogens with zero attached hydrogens (tertiary/aromatic N) is 4. The van der Waals surface area contributed by atoms with Gasteiger partial charge in [-0.25, -0.2) is 8.78 Å². The highest BCUT2D eigenvalue weighted by atomic mass is 19.2. The van der Waals surface area contributed by atoms with Crippen LogP contribution in [-0.4, -0.2) is 44.0 Å². The van der Waals surface area contributed by atoms with E-state index in [1.165, 1.54) is 29.0 Å². The van der Waals surface area contributed by atoms with Crippen LogP contribution >= 0.6 is 0 Å². The molecular weight excluding hydrogens is 452 g/mol. The number of hydrogen-bond donors (Lipinski definition) is 2. The quantitative estimate of drug-likeness (QED) is 0.586. The van der Waals surface area contributed by atoms with E-state index in [-0.39, 0.29) is 45.1 Å². The first kappa shape index (κ1) is 23.4. The van der Waals surface area contributed by atoms with E-state index in [1.807, 2.05) is 7.05 Å². The fourth-order valence-corrected chi connectivity index (χ4v) is 5.71. The minimum Gasteiger partial charge on any atom is -0.507 e. The van der Waals surface area contributed by atoms with Gasteiger partial charge in [0.05, 0.1) is 11.3 Å². The highest BCUT2D eigenvalue weighted by Crippen LogP contribution is 2.44. The standard InChI is InChI=1S/C26H29F2N5O2/c1-25-8-9-26(2,31-25)14-16(13-25)33(4)20-6-5-18(29-30-20)22-19(34)12-17(23(27)24(22)28)15-7-10-32(3)21(35)11-15/h5-7,10-12,16,31,34H,8-9,13-14H2,1-4H3/t16-,25-,26+. The second kappa shape index (κ2) is 8.12. The van der Waals surface area contributed by atoms with E-state index in [1.54, 1.807) is 13.1 Å². The van der Waals surface area contributed by atoms with Crippen molar-refractivity contribution in [2.24, 2.45) is 7.05 Å². The number of piperidine rings is 1. The molecule has 2 N–H and O–H groups in total. The molecule has 35 heavy (non-hydrogen) atoms. The van der Waals surface area contributed by atoms with Crippen molar-refractivity contribution in [1.82, 2.24) is 20.1 Å². The van der Waals surface area contributed by atoms with Crippen LogP contribution in [0.3, 0.4) is 0 Å².